The number of hydrogen-bond acceptors (Lipinski definition) is 4. The summed E-state index contributed by atoms with van der Waals surface area (Å²) in [5.41, 5.74) is 5.27. The Hall–Kier alpha value is -2.73. The molecule has 0 saturated carbocycles. The van der Waals surface area contributed by atoms with Gasteiger partial charge in [-0.25, -0.2) is 0 Å². The number of methoxy groups -OCH3 is 2. The maximum atomic E-state index is 13.3. The first-order valence-corrected chi connectivity index (χ1v) is 10.6. The van der Waals surface area contributed by atoms with Crippen LogP contribution >= 0.6 is 11.3 Å². The van der Waals surface area contributed by atoms with Crippen molar-refractivity contribution in [2.45, 2.75) is 33.4 Å². The summed E-state index contributed by atoms with van der Waals surface area (Å²) in [6.07, 6.45) is 0.815. The number of thiophene rings is 1. The molecule has 0 unspecified atom stereocenters. The minimum atomic E-state index is 0.0935. The van der Waals surface area contributed by atoms with Crippen LogP contribution in [-0.2, 0) is 19.5 Å². The van der Waals surface area contributed by atoms with E-state index < -0.39 is 0 Å². The molecule has 5 nitrogen and oxygen atoms in total. The van der Waals surface area contributed by atoms with Gasteiger partial charge in [0.2, 0.25) is 0 Å². The first-order chi connectivity index (χ1) is 14.0. The standard InChI is InChI=1S/C23H26N2O3S/c1-15-10-20(16(2)25(15)14-19-6-5-9-29-19)23(26)24-8-7-17-11-21(27-3)22(28-4)12-18(17)13-24/h5-6,9-12H,7-8,13-14H2,1-4H3. The van der Waals surface area contributed by atoms with Crippen LogP contribution in [0, 0.1) is 13.8 Å². The molecule has 1 aliphatic heterocycles. The van der Waals surface area contributed by atoms with Gasteiger partial charge in [-0.1, -0.05) is 6.07 Å². The van der Waals surface area contributed by atoms with Crippen molar-refractivity contribution in [3.05, 3.63) is 68.7 Å². The van der Waals surface area contributed by atoms with E-state index in [1.807, 2.05) is 30.0 Å². The molecule has 0 spiro atoms. The van der Waals surface area contributed by atoms with Crippen molar-refractivity contribution in [1.29, 1.82) is 0 Å². The van der Waals surface area contributed by atoms with E-state index in [1.54, 1.807) is 25.6 Å². The van der Waals surface area contributed by atoms with Gasteiger partial charge in [0.15, 0.2) is 11.5 Å². The highest BCUT2D eigenvalue weighted by Gasteiger charge is 2.26. The summed E-state index contributed by atoms with van der Waals surface area (Å²) in [6.45, 7) is 6.21. The van der Waals surface area contributed by atoms with E-state index in [1.165, 1.54) is 10.4 Å². The molecule has 152 valence electrons. The fourth-order valence-corrected chi connectivity index (χ4v) is 4.74. The Morgan fingerprint density at radius 3 is 2.48 bits per heavy atom. The second-order valence-corrected chi connectivity index (χ2v) is 8.44. The predicted octanol–water partition coefficient (Wildman–Crippen LogP) is 4.43. The lowest BCUT2D eigenvalue weighted by molar-refractivity contribution is 0.0733. The van der Waals surface area contributed by atoms with Crippen LogP contribution in [-0.4, -0.2) is 36.1 Å². The normalized spacial score (nSPS) is 13.3. The Morgan fingerprint density at radius 1 is 1.10 bits per heavy atom. The molecule has 6 heteroatoms. The molecule has 0 bridgehead atoms. The molecular weight excluding hydrogens is 384 g/mol. The Balaban J connectivity index is 1.58. The first-order valence-electron chi connectivity index (χ1n) is 9.74. The molecule has 1 aliphatic rings. The number of aromatic nitrogens is 1. The molecule has 4 rings (SSSR count). The summed E-state index contributed by atoms with van der Waals surface area (Å²) in [6, 6.07) is 10.2. The molecule has 3 heterocycles. The summed E-state index contributed by atoms with van der Waals surface area (Å²) in [7, 11) is 3.29. The highest BCUT2D eigenvalue weighted by atomic mass is 32.1. The van der Waals surface area contributed by atoms with Crippen molar-refractivity contribution in [1.82, 2.24) is 9.47 Å². The SMILES string of the molecule is COc1cc2c(cc1OC)CN(C(=O)c1cc(C)n(Cc3cccs3)c1C)CC2. The average molecular weight is 411 g/mol. The zero-order chi connectivity index (χ0) is 20.5. The number of benzene rings is 1. The quantitative estimate of drug-likeness (QED) is 0.625. The smallest absolute Gasteiger partial charge is 0.255 e. The molecule has 0 atom stereocenters. The molecule has 0 saturated heterocycles. The number of rotatable bonds is 5. The van der Waals surface area contributed by atoms with E-state index in [-0.39, 0.29) is 5.91 Å². The molecule has 29 heavy (non-hydrogen) atoms. The largest absolute Gasteiger partial charge is 0.493 e. The fraction of sp³-hybridized carbons (Fsp3) is 0.348. The molecule has 0 aliphatic carbocycles. The highest BCUT2D eigenvalue weighted by Crippen LogP contribution is 2.34. The van der Waals surface area contributed by atoms with Gasteiger partial charge in [0.25, 0.3) is 5.91 Å². The average Bonchev–Trinajstić information content (AvgIpc) is 3.35. The minimum Gasteiger partial charge on any atom is -0.493 e. The Morgan fingerprint density at radius 2 is 1.83 bits per heavy atom. The van der Waals surface area contributed by atoms with Gasteiger partial charge in [0.1, 0.15) is 0 Å². The van der Waals surface area contributed by atoms with Crippen molar-refractivity contribution >= 4 is 17.2 Å². The van der Waals surface area contributed by atoms with Crippen LogP contribution in [0.2, 0.25) is 0 Å². The van der Waals surface area contributed by atoms with Crippen molar-refractivity contribution in [2.24, 2.45) is 0 Å². The van der Waals surface area contributed by atoms with E-state index >= 15 is 0 Å². The van der Waals surface area contributed by atoms with Crippen molar-refractivity contribution < 1.29 is 14.3 Å². The van der Waals surface area contributed by atoms with Crippen LogP contribution < -0.4 is 9.47 Å². The van der Waals surface area contributed by atoms with Crippen molar-refractivity contribution in [3.8, 4) is 11.5 Å². The lowest BCUT2D eigenvalue weighted by Gasteiger charge is -2.29. The molecule has 3 aromatic rings. The van der Waals surface area contributed by atoms with Crippen LogP contribution in [0.3, 0.4) is 0 Å². The predicted molar refractivity (Wildman–Crippen MR) is 115 cm³/mol. The van der Waals surface area contributed by atoms with E-state index in [9.17, 15) is 4.79 Å². The summed E-state index contributed by atoms with van der Waals surface area (Å²) in [5, 5.41) is 2.09. The summed E-state index contributed by atoms with van der Waals surface area (Å²) in [5.74, 6) is 1.54. The maximum absolute atomic E-state index is 13.3. The number of fused-ring (bicyclic) bond motifs is 1. The molecule has 1 aromatic carbocycles. The summed E-state index contributed by atoms with van der Waals surface area (Å²) in [4.78, 5) is 16.6. The van der Waals surface area contributed by atoms with Gasteiger partial charge < -0.3 is 18.9 Å². The number of carbonyl (C=O) groups excluding carboxylic acids is 1. The first kappa shape index (κ1) is 19.6. The highest BCUT2D eigenvalue weighted by molar-refractivity contribution is 7.09. The van der Waals surface area contributed by atoms with Crippen molar-refractivity contribution in [3.63, 3.8) is 0 Å². The van der Waals surface area contributed by atoms with Gasteiger partial charge >= 0.3 is 0 Å². The zero-order valence-electron chi connectivity index (χ0n) is 17.3. The third-order valence-corrected chi connectivity index (χ3v) is 6.56. The van der Waals surface area contributed by atoms with Gasteiger partial charge in [0.05, 0.1) is 26.3 Å². The molecule has 0 fully saturated rings. The van der Waals surface area contributed by atoms with Crippen molar-refractivity contribution in [2.75, 3.05) is 20.8 Å². The summed E-state index contributed by atoms with van der Waals surface area (Å²) < 4.78 is 13.1. The van der Waals surface area contributed by atoms with E-state index in [4.69, 9.17) is 9.47 Å². The molecule has 0 N–H and O–H groups in total. The lowest BCUT2D eigenvalue weighted by Crippen LogP contribution is -2.36. The number of amides is 1. The third-order valence-electron chi connectivity index (χ3n) is 5.70. The lowest BCUT2D eigenvalue weighted by atomic mass is 9.98. The van der Waals surface area contributed by atoms with E-state index in [0.29, 0.717) is 18.8 Å². The Kier molecular flexibility index (Phi) is 5.37. The Bertz CT molecular complexity index is 1040. The van der Waals surface area contributed by atoms with Gasteiger partial charge in [-0.05, 0) is 61.0 Å². The molecule has 0 radical (unpaired) electrons. The minimum absolute atomic E-state index is 0.0935. The number of hydrogen-bond donors (Lipinski definition) is 0. The van der Waals surface area contributed by atoms with Crippen LogP contribution in [0.25, 0.3) is 0 Å². The van der Waals surface area contributed by atoms with Crippen LogP contribution in [0.15, 0.2) is 35.7 Å². The van der Waals surface area contributed by atoms with Gasteiger partial charge in [-0.2, -0.15) is 0 Å². The maximum Gasteiger partial charge on any atom is 0.255 e. The molecule has 2 aromatic heterocycles. The Labute approximate surface area is 175 Å². The van der Waals surface area contributed by atoms with E-state index in [0.717, 1.165) is 41.2 Å². The van der Waals surface area contributed by atoms with Gasteiger partial charge in [-0.15, -0.1) is 11.3 Å². The van der Waals surface area contributed by atoms with Crippen LogP contribution in [0.1, 0.15) is 37.7 Å². The number of nitrogens with zero attached hydrogens (tertiary/aromatic N) is 2. The monoisotopic (exact) mass is 410 g/mol. The van der Waals surface area contributed by atoms with Crippen LogP contribution in [0.5, 0.6) is 11.5 Å². The number of aryl methyl sites for hydroxylation is 1. The second kappa shape index (κ2) is 7.95. The molecule has 1 amide bonds. The summed E-state index contributed by atoms with van der Waals surface area (Å²) >= 11 is 1.74. The fourth-order valence-electron chi connectivity index (χ4n) is 4.05. The number of carbonyl (C=O) groups is 1. The third kappa shape index (κ3) is 3.65. The number of ether oxygens (including phenoxy) is 2. The molecular formula is C23H26N2O3S. The zero-order valence-corrected chi connectivity index (χ0v) is 18.1. The van der Waals surface area contributed by atoms with Gasteiger partial charge in [-0.3, -0.25) is 4.79 Å². The van der Waals surface area contributed by atoms with Gasteiger partial charge in [0, 0.05) is 29.4 Å². The van der Waals surface area contributed by atoms with E-state index in [2.05, 4.69) is 29.0 Å². The van der Waals surface area contributed by atoms with Crippen LogP contribution in [0.4, 0.5) is 0 Å². The topological polar surface area (TPSA) is 43.7 Å². The second-order valence-electron chi connectivity index (χ2n) is 7.40.